The average Bonchev–Trinajstić information content (AvgIpc) is 2.83. The highest BCUT2D eigenvalue weighted by Crippen LogP contribution is 2.29. The lowest BCUT2D eigenvalue weighted by Crippen LogP contribution is -1.86. The molecule has 0 fully saturated rings. The first kappa shape index (κ1) is 11.0. The van der Waals surface area contributed by atoms with Crippen LogP contribution in [-0.2, 0) is 0 Å². The van der Waals surface area contributed by atoms with Gasteiger partial charge in [0.15, 0.2) is 0 Å². The Morgan fingerprint density at radius 3 is 2.76 bits per heavy atom. The summed E-state index contributed by atoms with van der Waals surface area (Å²) in [6, 6.07) is 4.22. The van der Waals surface area contributed by atoms with E-state index in [1.165, 1.54) is 16.0 Å². The third-order valence-electron chi connectivity index (χ3n) is 2.80. The Balaban J connectivity index is 2.27. The molecule has 2 nitrogen and oxygen atoms in total. The first-order valence-electron chi connectivity index (χ1n) is 5.34. The predicted molar refractivity (Wildman–Crippen MR) is 75.7 cm³/mol. The summed E-state index contributed by atoms with van der Waals surface area (Å²) in [5, 5.41) is 2.11. The molecule has 0 saturated heterocycles. The Morgan fingerprint density at radius 2 is 2.06 bits per heavy atom. The van der Waals surface area contributed by atoms with Gasteiger partial charge in [-0.2, -0.15) is 0 Å². The number of thiophene rings is 1. The Kier molecular flexibility index (Phi) is 2.56. The van der Waals surface area contributed by atoms with Gasteiger partial charge in [0.1, 0.15) is 5.65 Å². The second-order valence-electron chi connectivity index (χ2n) is 4.13. The van der Waals surface area contributed by atoms with Crippen LogP contribution >= 0.6 is 27.3 Å². The summed E-state index contributed by atoms with van der Waals surface area (Å²) in [5.74, 6) is 0. The molecule has 0 aliphatic rings. The Bertz CT molecular complexity index is 697. The summed E-state index contributed by atoms with van der Waals surface area (Å²) in [5.41, 5.74) is 4.55. The number of imidazole rings is 1. The fourth-order valence-electron chi connectivity index (χ4n) is 1.97. The van der Waals surface area contributed by atoms with Crippen LogP contribution in [0.15, 0.2) is 34.4 Å². The molecule has 0 saturated carbocycles. The van der Waals surface area contributed by atoms with Crippen LogP contribution in [0.4, 0.5) is 0 Å². The summed E-state index contributed by atoms with van der Waals surface area (Å²) in [4.78, 5) is 5.96. The largest absolute Gasteiger partial charge is 0.305 e. The number of fused-ring (bicyclic) bond motifs is 1. The molecular weight excluding hydrogens is 296 g/mol. The summed E-state index contributed by atoms with van der Waals surface area (Å²) < 4.78 is 3.16. The first-order chi connectivity index (χ1) is 8.15. The molecule has 0 N–H and O–H groups in total. The molecular formula is C13H11BrN2S. The van der Waals surface area contributed by atoms with Crippen LogP contribution in [0, 0.1) is 13.8 Å². The molecule has 0 atom stereocenters. The Hall–Kier alpha value is -1.13. The summed E-state index contributed by atoms with van der Waals surface area (Å²) >= 11 is 5.25. The number of halogens is 1. The van der Waals surface area contributed by atoms with Crippen molar-refractivity contribution >= 4 is 32.9 Å². The van der Waals surface area contributed by atoms with Crippen molar-refractivity contribution in [3.63, 3.8) is 0 Å². The molecule has 0 radical (unpaired) electrons. The van der Waals surface area contributed by atoms with Crippen molar-refractivity contribution in [1.29, 1.82) is 0 Å². The normalized spacial score (nSPS) is 11.2. The minimum absolute atomic E-state index is 1.02. The van der Waals surface area contributed by atoms with Crippen molar-refractivity contribution in [2.45, 2.75) is 13.8 Å². The second-order valence-corrected chi connectivity index (χ2v) is 5.96. The molecule has 86 valence electrons. The van der Waals surface area contributed by atoms with Crippen LogP contribution in [0.25, 0.3) is 16.2 Å². The van der Waals surface area contributed by atoms with Gasteiger partial charge < -0.3 is 4.40 Å². The summed E-state index contributed by atoms with van der Waals surface area (Å²) in [6.45, 7) is 4.21. The van der Waals surface area contributed by atoms with Gasteiger partial charge in [-0.05, 0) is 58.4 Å². The van der Waals surface area contributed by atoms with E-state index in [-0.39, 0.29) is 0 Å². The van der Waals surface area contributed by atoms with Crippen LogP contribution in [-0.4, -0.2) is 9.38 Å². The van der Waals surface area contributed by atoms with Gasteiger partial charge in [-0.25, -0.2) is 4.98 Å². The first-order valence-corrected chi connectivity index (χ1v) is 7.02. The lowest BCUT2D eigenvalue weighted by atomic mass is 10.2. The standard InChI is InChI=1S/C13H11BrN2S/c1-8-3-4-17-12(8)11-7-16-6-10(14)5-9(2)13(16)15-11/h3-7H,1-2H3. The van der Waals surface area contributed by atoms with Gasteiger partial charge in [0.25, 0.3) is 0 Å². The maximum absolute atomic E-state index is 4.71. The number of rotatable bonds is 1. The van der Waals surface area contributed by atoms with Crippen LogP contribution in [0.2, 0.25) is 0 Å². The molecule has 0 unspecified atom stereocenters. The minimum atomic E-state index is 1.02. The lowest BCUT2D eigenvalue weighted by Gasteiger charge is -1.97. The zero-order valence-electron chi connectivity index (χ0n) is 9.57. The van der Waals surface area contributed by atoms with Gasteiger partial charge in [-0.3, -0.25) is 0 Å². The second kappa shape index (κ2) is 3.96. The van der Waals surface area contributed by atoms with Crippen molar-refractivity contribution in [2.24, 2.45) is 0 Å². The highest BCUT2D eigenvalue weighted by molar-refractivity contribution is 9.10. The number of aryl methyl sites for hydroxylation is 2. The molecule has 4 heteroatoms. The SMILES string of the molecule is Cc1ccsc1-c1cn2cc(Br)cc(C)c2n1. The van der Waals surface area contributed by atoms with Crippen LogP contribution < -0.4 is 0 Å². The number of hydrogen-bond acceptors (Lipinski definition) is 2. The quantitative estimate of drug-likeness (QED) is 0.649. The van der Waals surface area contributed by atoms with Crippen molar-refractivity contribution in [3.05, 3.63) is 45.5 Å². The predicted octanol–water partition coefficient (Wildman–Crippen LogP) is 4.44. The third kappa shape index (κ3) is 1.81. The van der Waals surface area contributed by atoms with E-state index in [9.17, 15) is 0 Å². The molecule has 17 heavy (non-hydrogen) atoms. The fourth-order valence-corrected chi connectivity index (χ4v) is 3.42. The van der Waals surface area contributed by atoms with Crippen LogP contribution in [0.3, 0.4) is 0 Å². The maximum atomic E-state index is 4.71. The van der Waals surface area contributed by atoms with E-state index in [1.807, 2.05) is 6.20 Å². The number of hydrogen-bond donors (Lipinski definition) is 0. The molecule has 0 aliphatic heterocycles. The Labute approximate surface area is 112 Å². The third-order valence-corrected chi connectivity index (χ3v) is 4.27. The van der Waals surface area contributed by atoms with E-state index in [2.05, 4.69) is 57.9 Å². The van der Waals surface area contributed by atoms with E-state index in [4.69, 9.17) is 4.98 Å². The molecule has 0 aromatic carbocycles. The van der Waals surface area contributed by atoms with E-state index in [1.54, 1.807) is 11.3 Å². The molecule has 0 aliphatic carbocycles. The minimum Gasteiger partial charge on any atom is -0.305 e. The van der Waals surface area contributed by atoms with E-state index in [0.717, 1.165) is 15.8 Å². The van der Waals surface area contributed by atoms with E-state index in [0.29, 0.717) is 0 Å². The van der Waals surface area contributed by atoms with Gasteiger partial charge in [-0.15, -0.1) is 11.3 Å². The van der Waals surface area contributed by atoms with Gasteiger partial charge in [0.05, 0.1) is 10.6 Å². The summed E-state index contributed by atoms with van der Waals surface area (Å²) in [6.07, 6.45) is 4.13. The fraction of sp³-hybridized carbons (Fsp3) is 0.154. The zero-order valence-corrected chi connectivity index (χ0v) is 12.0. The van der Waals surface area contributed by atoms with Gasteiger partial charge >= 0.3 is 0 Å². The summed E-state index contributed by atoms with van der Waals surface area (Å²) in [7, 11) is 0. The van der Waals surface area contributed by atoms with Gasteiger partial charge in [0, 0.05) is 16.9 Å². The molecule has 0 bridgehead atoms. The van der Waals surface area contributed by atoms with Crippen LogP contribution in [0.1, 0.15) is 11.1 Å². The topological polar surface area (TPSA) is 17.3 Å². The highest BCUT2D eigenvalue weighted by Gasteiger charge is 2.10. The zero-order chi connectivity index (χ0) is 12.0. The van der Waals surface area contributed by atoms with Crippen molar-refractivity contribution in [3.8, 4) is 10.6 Å². The number of nitrogens with zero attached hydrogens (tertiary/aromatic N) is 2. The average molecular weight is 307 g/mol. The van der Waals surface area contributed by atoms with Crippen molar-refractivity contribution in [1.82, 2.24) is 9.38 Å². The molecule has 3 heterocycles. The van der Waals surface area contributed by atoms with Crippen LogP contribution in [0.5, 0.6) is 0 Å². The van der Waals surface area contributed by atoms with Crippen molar-refractivity contribution in [2.75, 3.05) is 0 Å². The van der Waals surface area contributed by atoms with Gasteiger partial charge in [0.2, 0.25) is 0 Å². The van der Waals surface area contributed by atoms with E-state index >= 15 is 0 Å². The monoisotopic (exact) mass is 306 g/mol. The van der Waals surface area contributed by atoms with Gasteiger partial charge in [-0.1, -0.05) is 0 Å². The number of aromatic nitrogens is 2. The molecule has 3 aromatic rings. The molecule has 3 aromatic heterocycles. The lowest BCUT2D eigenvalue weighted by molar-refractivity contribution is 1.15. The number of pyridine rings is 1. The molecule has 0 spiro atoms. The highest BCUT2D eigenvalue weighted by atomic mass is 79.9. The molecule has 0 amide bonds. The Morgan fingerprint density at radius 1 is 1.24 bits per heavy atom. The van der Waals surface area contributed by atoms with E-state index < -0.39 is 0 Å². The maximum Gasteiger partial charge on any atom is 0.140 e. The van der Waals surface area contributed by atoms with Crippen molar-refractivity contribution < 1.29 is 0 Å². The molecule has 3 rings (SSSR count). The smallest absolute Gasteiger partial charge is 0.140 e.